The minimum atomic E-state index is -0.300. The zero-order valence-electron chi connectivity index (χ0n) is 38.8. The first kappa shape index (κ1) is 39.4. The summed E-state index contributed by atoms with van der Waals surface area (Å²) in [5, 5.41) is 21.0. The maximum Gasteiger partial charge on any atom is 0.232 e. The first-order chi connectivity index (χ1) is 35.0. The maximum atomic E-state index is 12.3. The monoisotopic (exact) mass is 904 g/mol. The summed E-state index contributed by atoms with van der Waals surface area (Å²) in [5.74, 6) is 0. The van der Waals surface area contributed by atoms with Gasteiger partial charge in [-0.15, -0.1) is 0 Å². The molecule has 0 amide bonds. The molecule has 10 aromatic carbocycles. The van der Waals surface area contributed by atoms with Crippen LogP contribution >= 0.6 is 0 Å². The van der Waals surface area contributed by atoms with Crippen molar-refractivity contribution < 1.29 is 0 Å². The normalized spacial score (nSPS) is 13.0. The molecule has 0 unspecified atom stereocenters. The summed E-state index contributed by atoms with van der Waals surface area (Å²) in [7, 11) is 0. The van der Waals surface area contributed by atoms with Gasteiger partial charge in [0.15, 0.2) is 0 Å². The Hall–Kier alpha value is -9.62. The van der Waals surface area contributed by atoms with Gasteiger partial charge in [-0.25, -0.2) is 4.85 Å². The molecule has 0 aliphatic heterocycles. The highest BCUT2D eigenvalue weighted by molar-refractivity contribution is 6.19. The summed E-state index contributed by atoms with van der Waals surface area (Å²) in [6.07, 6.45) is 0. The molecule has 14 aromatic rings. The Morgan fingerprint density at radius 1 is 0.380 bits per heavy atom. The van der Waals surface area contributed by atoms with E-state index < -0.39 is 0 Å². The van der Waals surface area contributed by atoms with E-state index in [1.807, 2.05) is 0 Å². The van der Waals surface area contributed by atoms with Crippen molar-refractivity contribution in [2.24, 2.45) is 0 Å². The molecule has 0 radical (unpaired) electrons. The van der Waals surface area contributed by atoms with E-state index in [4.69, 9.17) is 0 Å². The molecule has 0 atom stereocenters. The number of para-hydroxylation sites is 7. The molecule has 4 aromatic heterocycles. The Kier molecular flexibility index (Phi) is 7.88. The number of aromatic nitrogens is 4. The van der Waals surface area contributed by atoms with Crippen LogP contribution in [-0.4, -0.2) is 18.3 Å². The fourth-order valence-corrected chi connectivity index (χ4v) is 12.7. The van der Waals surface area contributed by atoms with E-state index in [9.17, 15) is 11.8 Å². The van der Waals surface area contributed by atoms with Crippen LogP contribution in [0.2, 0.25) is 0 Å². The number of benzene rings is 10. The molecular weight excluding hydrogens is 865 g/mol. The topological polar surface area (TPSA) is 47.9 Å². The molecule has 0 spiro atoms. The lowest BCUT2D eigenvalue weighted by Crippen LogP contribution is -2.16. The minimum Gasteiger partial charge on any atom is -0.317 e. The van der Waals surface area contributed by atoms with Crippen molar-refractivity contribution in [2.45, 2.75) is 19.3 Å². The summed E-state index contributed by atoms with van der Waals surface area (Å²) in [5.41, 5.74) is 15.7. The third kappa shape index (κ3) is 4.98. The van der Waals surface area contributed by atoms with Crippen LogP contribution in [0, 0.1) is 17.9 Å². The summed E-state index contributed by atoms with van der Waals surface area (Å²) in [6, 6.07) is 76.1. The van der Waals surface area contributed by atoms with Gasteiger partial charge in [0.25, 0.3) is 0 Å². The highest BCUT2D eigenvalue weighted by Crippen LogP contribution is 2.56. The fraction of sp³-hybridized carbons (Fsp3) is 0.0462. The zero-order chi connectivity index (χ0) is 47.3. The van der Waals surface area contributed by atoms with Crippen LogP contribution in [0.25, 0.3) is 126 Å². The second-order valence-electron chi connectivity index (χ2n) is 19.4. The lowest BCUT2D eigenvalue weighted by Gasteiger charge is -2.28. The standard InChI is InChI=1S/C65H40N6/c1-65(2)49-28-12-4-27-47(49)58-50(65)37-36-46-45-26-11-19-35-57(45)71(60(46)58)61-48(38-66)59(67-3)62(68-51-29-13-5-20-39(51)40-21-6-14-30-52(40)68)64(70-55-33-17-9-24-43(55)44-25-10-18-34-56(44)70)63(61)69-53-31-15-7-22-41(53)42-23-8-16-32-54(42)69/h4-37H,1-2H3. The second-order valence-corrected chi connectivity index (χ2v) is 19.4. The molecule has 6 nitrogen and oxygen atoms in total. The van der Waals surface area contributed by atoms with Crippen molar-refractivity contribution in [3.63, 3.8) is 0 Å². The van der Waals surface area contributed by atoms with E-state index in [-0.39, 0.29) is 11.1 Å². The lowest BCUT2D eigenvalue weighted by atomic mass is 9.82. The van der Waals surface area contributed by atoms with Gasteiger partial charge in [-0.05, 0) is 59.2 Å². The van der Waals surface area contributed by atoms with Crippen molar-refractivity contribution >= 4 is 92.9 Å². The molecule has 1 aliphatic rings. The van der Waals surface area contributed by atoms with E-state index in [1.165, 1.54) is 16.7 Å². The summed E-state index contributed by atoms with van der Waals surface area (Å²) < 4.78 is 9.41. The Morgan fingerprint density at radius 3 is 1.15 bits per heavy atom. The highest BCUT2D eigenvalue weighted by atomic mass is 15.2. The molecule has 0 saturated heterocycles. The van der Waals surface area contributed by atoms with Crippen LogP contribution in [0.15, 0.2) is 206 Å². The van der Waals surface area contributed by atoms with E-state index in [2.05, 4.69) is 249 Å². The molecule has 4 heterocycles. The van der Waals surface area contributed by atoms with E-state index in [0.717, 1.165) is 104 Å². The van der Waals surface area contributed by atoms with Gasteiger partial charge in [-0.2, -0.15) is 5.26 Å². The minimum absolute atomic E-state index is 0.273. The average molecular weight is 905 g/mol. The Morgan fingerprint density at radius 2 is 0.732 bits per heavy atom. The van der Waals surface area contributed by atoms with Crippen LogP contribution in [0.1, 0.15) is 30.5 Å². The highest BCUT2D eigenvalue weighted by Gasteiger charge is 2.40. The molecule has 1 aliphatic carbocycles. The van der Waals surface area contributed by atoms with Crippen molar-refractivity contribution in [2.75, 3.05) is 0 Å². The average Bonchev–Trinajstić information content (AvgIpc) is 4.19. The molecule has 0 bridgehead atoms. The molecule has 330 valence electrons. The van der Waals surface area contributed by atoms with Gasteiger partial charge in [0.2, 0.25) is 5.69 Å². The number of hydrogen-bond acceptors (Lipinski definition) is 1. The summed E-state index contributed by atoms with van der Waals surface area (Å²) in [4.78, 5) is 4.62. The van der Waals surface area contributed by atoms with Gasteiger partial charge in [-0.1, -0.05) is 178 Å². The van der Waals surface area contributed by atoms with Crippen LogP contribution in [0.4, 0.5) is 5.69 Å². The fourth-order valence-electron chi connectivity index (χ4n) is 12.7. The van der Waals surface area contributed by atoms with E-state index in [1.54, 1.807) is 0 Å². The molecule has 0 N–H and O–H groups in total. The van der Waals surface area contributed by atoms with Crippen LogP contribution in [0.5, 0.6) is 0 Å². The molecule has 15 rings (SSSR count). The first-order valence-electron chi connectivity index (χ1n) is 24.1. The van der Waals surface area contributed by atoms with Gasteiger partial charge in [0.1, 0.15) is 0 Å². The Balaban J connectivity index is 1.30. The van der Waals surface area contributed by atoms with Crippen LogP contribution in [-0.2, 0) is 5.41 Å². The first-order valence-corrected chi connectivity index (χ1v) is 24.1. The van der Waals surface area contributed by atoms with Gasteiger partial charge in [0, 0.05) is 54.1 Å². The van der Waals surface area contributed by atoms with Crippen molar-refractivity contribution in [1.29, 1.82) is 5.26 Å². The smallest absolute Gasteiger partial charge is 0.232 e. The van der Waals surface area contributed by atoms with Crippen molar-refractivity contribution in [3.05, 3.63) is 234 Å². The lowest BCUT2D eigenvalue weighted by molar-refractivity contribution is 0.661. The molecule has 0 saturated carbocycles. The number of fused-ring (bicyclic) bond motifs is 16. The third-order valence-electron chi connectivity index (χ3n) is 15.6. The number of hydrogen-bond donors (Lipinski definition) is 0. The van der Waals surface area contributed by atoms with Crippen LogP contribution in [0.3, 0.4) is 0 Å². The Labute approximate surface area is 408 Å². The number of rotatable bonds is 4. The van der Waals surface area contributed by atoms with Gasteiger partial charge >= 0.3 is 0 Å². The maximum absolute atomic E-state index is 12.3. The van der Waals surface area contributed by atoms with Gasteiger partial charge in [-0.3, -0.25) is 0 Å². The summed E-state index contributed by atoms with van der Waals surface area (Å²) >= 11 is 0. The van der Waals surface area contributed by atoms with E-state index in [0.29, 0.717) is 16.9 Å². The predicted molar refractivity (Wildman–Crippen MR) is 292 cm³/mol. The van der Waals surface area contributed by atoms with Crippen LogP contribution < -0.4 is 0 Å². The van der Waals surface area contributed by atoms with Crippen molar-refractivity contribution in [3.8, 4) is 39.9 Å². The largest absolute Gasteiger partial charge is 0.317 e. The molecule has 71 heavy (non-hydrogen) atoms. The van der Waals surface area contributed by atoms with Crippen molar-refractivity contribution in [1.82, 2.24) is 18.3 Å². The number of nitriles is 1. The molecular formula is C65H40N6. The zero-order valence-corrected chi connectivity index (χ0v) is 38.8. The van der Waals surface area contributed by atoms with Gasteiger partial charge in [0.05, 0.1) is 85.1 Å². The quantitative estimate of drug-likeness (QED) is 0.162. The SMILES string of the molecule is [C-]#[N+]c1c(C#N)c(-n2c3ccccc3c3ccc4c(c32)-c2ccccc2C4(C)C)c(-n2c3ccccc3c3ccccc32)c(-n2c3ccccc3c3ccccc32)c1-n1c2ccccc2c2ccccc21. The number of nitrogens with zero attached hydrogens (tertiary/aromatic N) is 6. The molecule has 6 heteroatoms. The third-order valence-corrected chi connectivity index (χ3v) is 15.6. The van der Waals surface area contributed by atoms with E-state index >= 15 is 0 Å². The summed E-state index contributed by atoms with van der Waals surface area (Å²) in [6.45, 7) is 14.2. The molecule has 0 fully saturated rings. The predicted octanol–water partition coefficient (Wildman–Crippen LogP) is 16.8. The second kappa shape index (κ2) is 14.2. The van der Waals surface area contributed by atoms with Gasteiger partial charge < -0.3 is 18.3 Å². The Bertz CT molecular complexity index is 4600.